The van der Waals surface area contributed by atoms with E-state index in [1.165, 1.54) is 23.1 Å². The van der Waals surface area contributed by atoms with Crippen molar-refractivity contribution < 1.29 is 27.2 Å². The van der Waals surface area contributed by atoms with Gasteiger partial charge in [-0.2, -0.15) is 0 Å². The zero-order valence-corrected chi connectivity index (χ0v) is 25.3. The molecule has 2 atom stereocenters. The fourth-order valence-electron chi connectivity index (χ4n) is 5.17. The molecule has 2 fully saturated rings. The topological polar surface area (TPSA) is 126 Å². The Kier molecular flexibility index (Phi) is 8.84. The van der Waals surface area contributed by atoms with Crippen LogP contribution in [0.15, 0.2) is 53.4 Å². The third-order valence-corrected chi connectivity index (χ3v) is 9.12. The van der Waals surface area contributed by atoms with Crippen LogP contribution in [-0.2, 0) is 19.4 Å². The number of nitrogens with one attached hydrogen (secondary N) is 2. The van der Waals surface area contributed by atoms with Crippen LogP contribution >= 0.6 is 11.6 Å². The molecule has 3 amide bonds. The number of likely N-dealkylation sites (tertiary alicyclic amines) is 1. The van der Waals surface area contributed by atoms with Gasteiger partial charge in [0, 0.05) is 24.3 Å². The monoisotopic (exact) mass is 626 g/mol. The Bertz CT molecular complexity index is 1740. The van der Waals surface area contributed by atoms with E-state index in [0.29, 0.717) is 30.7 Å². The second kappa shape index (κ2) is 12.4. The van der Waals surface area contributed by atoms with Crippen LogP contribution in [0, 0.1) is 11.7 Å². The van der Waals surface area contributed by atoms with Crippen LogP contribution in [0.4, 0.5) is 4.39 Å². The van der Waals surface area contributed by atoms with Crippen molar-refractivity contribution in [3.05, 3.63) is 76.2 Å². The van der Waals surface area contributed by atoms with Crippen molar-refractivity contribution in [3.8, 4) is 0 Å². The first-order valence-corrected chi connectivity index (χ1v) is 16.3. The number of hydrogen-bond acceptors (Lipinski definition) is 6. The van der Waals surface area contributed by atoms with Gasteiger partial charge in [0.1, 0.15) is 17.6 Å². The number of rotatable bonds is 9. The van der Waals surface area contributed by atoms with Gasteiger partial charge < -0.3 is 15.5 Å². The lowest BCUT2D eigenvalue weighted by atomic mass is 10.00. The normalized spacial score (nSPS) is 17.8. The number of carbonyl (C=O) groups is 3. The lowest BCUT2D eigenvalue weighted by Crippen LogP contribution is -2.49. The minimum atomic E-state index is -3.41. The molecule has 0 radical (unpaired) electrons. The molecule has 0 bridgehead atoms. The van der Waals surface area contributed by atoms with Crippen LogP contribution in [0.1, 0.15) is 60.3 Å². The molecule has 3 aromatic rings. The van der Waals surface area contributed by atoms with Gasteiger partial charge in [-0.1, -0.05) is 35.9 Å². The van der Waals surface area contributed by atoms with Crippen LogP contribution in [0.2, 0.25) is 5.02 Å². The summed E-state index contributed by atoms with van der Waals surface area (Å²) in [5.41, 5.74) is 1.76. The molecule has 0 spiro atoms. The molecule has 2 aromatic carbocycles. The van der Waals surface area contributed by atoms with Crippen molar-refractivity contribution in [3.63, 3.8) is 0 Å². The van der Waals surface area contributed by atoms with E-state index in [2.05, 4.69) is 21.7 Å². The summed E-state index contributed by atoms with van der Waals surface area (Å²) in [5.74, 6) is -1.52. The Morgan fingerprint density at radius 1 is 1.14 bits per heavy atom. The van der Waals surface area contributed by atoms with Gasteiger partial charge in [-0.3, -0.25) is 14.4 Å². The number of carbonyl (C=O) groups excluding carboxylic acids is 3. The zero-order chi connectivity index (χ0) is 30.9. The predicted molar refractivity (Wildman–Crippen MR) is 162 cm³/mol. The van der Waals surface area contributed by atoms with Crippen molar-refractivity contribution in [1.29, 1.82) is 0 Å². The molecule has 2 aliphatic rings. The summed E-state index contributed by atoms with van der Waals surface area (Å²) >= 11 is 5.81. The van der Waals surface area contributed by atoms with Gasteiger partial charge in [-0.05, 0) is 73.9 Å². The molecule has 43 heavy (non-hydrogen) atoms. The fourth-order valence-corrected chi connectivity index (χ4v) is 6.00. The molecule has 0 unspecified atom stereocenters. The van der Waals surface area contributed by atoms with Gasteiger partial charge in [0.2, 0.25) is 11.8 Å². The highest BCUT2D eigenvalue weighted by atomic mass is 35.5. The maximum absolute atomic E-state index is 13.8. The van der Waals surface area contributed by atoms with Gasteiger partial charge in [-0.15, -0.1) is 0 Å². The van der Waals surface area contributed by atoms with Crippen LogP contribution in [0.25, 0.3) is 17.0 Å². The first kappa shape index (κ1) is 30.6. The zero-order valence-electron chi connectivity index (χ0n) is 23.8. The quantitative estimate of drug-likeness (QED) is 0.362. The second-order valence-corrected chi connectivity index (χ2v) is 13.5. The predicted octanol–water partition coefficient (Wildman–Crippen LogP) is 4.45. The second-order valence-electron chi connectivity index (χ2n) is 11.1. The van der Waals surface area contributed by atoms with E-state index in [-0.39, 0.29) is 33.6 Å². The number of fused-ring (bicyclic) bond motifs is 1. The number of aromatic nitrogens is 1. The SMILES string of the molecule is C[C@H](NC(=O)[C@@H]1CCCN1C(=O)CNC(=O)c1ccc2cc(Cl)c(F)cc2n1)c1ccc(S(C)(=O)=O)cc1/C=C/C1CC1. The summed E-state index contributed by atoms with van der Waals surface area (Å²) < 4.78 is 38.1. The summed E-state index contributed by atoms with van der Waals surface area (Å²) in [6, 6.07) is 9.32. The maximum Gasteiger partial charge on any atom is 0.270 e. The molecule has 2 heterocycles. The standard InChI is InChI=1S/C31H32ClFN4O5S/c1-18(23-11-10-22(43(2,41)42)14-20(23)8-7-19-5-6-19)35-31(40)28-4-3-13-37(28)29(38)17-34-30(39)26-12-9-21-15-24(32)25(33)16-27(21)36-26/h7-12,14-16,18-19,28H,3-6,13,17H2,1-2H3,(H,34,39)(H,35,40)/b8-7+/t18-,28-/m0/s1. The summed E-state index contributed by atoms with van der Waals surface area (Å²) in [6.45, 7) is 1.85. The number of pyridine rings is 1. The Labute approximate surface area is 254 Å². The molecule has 1 aliphatic carbocycles. The number of halogens is 2. The van der Waals surface area contributed by atoms with E-state index in [1.54, 1.807) is 18.2 Å². The molecule has 1 saturated carbocycles. The number of hydrogen-bond donors (Lipinski definition) is 2. The van der Waals surface area contributed by atoms with Gasteiger partial charge in [-0.25, -0.2) is 17.8 Å². The largest absolute Gasteiger partial charge is 0.348 e. The third kappa shape index (κ3) is 7.22. The van der Waals surface area contributed by atoms with Crippen LogP contribution in [0.5, 0.6) is 0 Å². The lowest BCUT2D eigenvalue weighted by molar-refractivity contribution is -0.137. The van der Waals surface area contributed by atoms with E-state index in [1.807, 2.05) is 13.0 Å². The van der Waals surface area contributed by atoms with Gasteiger partial charge in [0.15, 0.2) is 9.84 Å². The Morgan fingerprint density at radius 2 is 1.91 bits per heavy atom. The molecule has 1 saturated heterocycles. The van der Waals surface area contributed by atoms with E-state index >= 15 is 0 Å². The van der Waals surface area contributed by atoms with E-state index < -0.39 is 39.6 Å². The number of benzene rings is 2. The van der Waals surface area contributed by atoms with Crippen molar-refractivity contribution in [2.24, 2.45) is 5.92 Å². The number of amides is 3. The van der Waals surface area contributed by atoms with Crippen molar-refractivity contribution >= 4 is 56.1 Å². The number of allylic oxidation sites excluding steroid dienone is 1. The first-order valence-electron chi connectivity index (χ1n) is 14.1. The van der Waals surface area contributed by atoms with Gasteiger partial charge >= 0.3 is 0 Å². The van der Waals surface area contributed by atoms with Crippen LogP contribution in [-0.4, -0.2) is 61.4 Å². The lowest BCUT2D eigenvalue weighted by Gasteiger charge is -2.26. The summed E-state index contributed by atoms with van der Waals surface area (Å²) in [4.78, 5) is 44.9. The smallest absolute Gasteiger partial charge is 0.270 e. The van der Waals surface area contributed by atoms with Gasteiger partial charge in [0.25, 0.3) is 5.91 Å². The van der Waals surface area contributed by atoms with E-state index in [4.69, 9.17) is 11.6 Å². The highest BCUT2D eigenvalue weighted by Crippen LogP contribution is 2.32. The van der Waals surface area contributed by atoms with Crippen LogP contribution in [0.3, 0.4) is 0 Å². The average molecular weight is 627 g/mol. The highest BCUT2D eigenvalue weighted by Gasteiger charge is 2.35. The number of nitrogens with zero attached hydrogens (tertiary/aromatic N) is 2. The molecular formula is C31H32ClFN4O5S. The van der Waals surface area contributed by atoms with Crippen molar-refractivity contribution in [1.82, 2.24) is 20.5 Å². The van der Waals surface area contributed by atoms with Crippen LogP contribution < -0.4 is 10.6 Å². The molecule has 226 valence electrons. The molecule has 1 aromatic heterocycles. The Hall–Kier alpha value is -3.83. The van der Waals surface area contributed by atoms with E-state index in [9.17, 15) is 27.2 Å². The molecular weight excluding hydrogens is 595 g/mol. The number of sulfone groups is 1. The summed E-state index contributed by atoms with van der Waals surface area (Å²) in [6.07, 6.45) is 8.44. The molecule has 9 nitrogen and oxygen atoms in total. The fraction of sp³-hybridized carbons (Fsp3) is 0.355. The minimum Gasteiger partial charge on any atom is -0.348 e. The average Bonchev–Trinajstić information content (AvgIpc) is 3.66. The molecule has 12 heteroatoms. The molecule has 1 aliphatic heterocycles. The Balaban J connectivity index is 1.23. The molecule has 2 N–H and O–H groups in total. The minimum absolute atomic E-state index is 0.0139. The van der Waals surface area contributed by atoms with Gasteiger partial charge in [0.05, 0.1) is 28.0 Å². The van der Waals surface area contributed by atoms with Crippen molar-refractivity contribution in [2.75, 3.05) is 19.3 Å². The van der Waals surface area contributed by atoms with E-state index in [0.717, 1.165) is 36.3 Å². The third-order valence-electron chi connectivity index (χ3n) is 7.72. The highest BCUT2D eigenvalue weighted by molar-refractivity contribution is 7.90. The van der Waals surface area contributed by atoms with Crippen molar-refractivity contribution in [2.45, 2.75) is 49.6 Å². The summed E-state index contributed by atoms with van der Waals surface area (Å²) in [7, 11) is -3.41. The maximum atomic E-state index is 13.8. The molecule has 5 rings (SSSR count). The first-order chi connectivity index (χ1) is 20.4. The Morgan fingerprint density at radius 3 is 2.63 bits per heavy atom. The summed E-state index contributed by atoms with van der Waals surface area (Å²) in [5, 5.41) is 6.05.